The molecule has 17 heavy (non-hydrogen) atoms. The van der Waals surface area contributed by atoms with Crippen LogP contribution in [0.5, 0.6) is 0 Å². The van der Waals surface area contributed by atoms with Crippen LogP contribution in [0.25, 0.3) is 21.3 Å². The Balaban J connectivity index is 2.19. The average Bonchev–Trinajstić information content (AvgIpc) is 2.81. The molecule has 0 aliphatic heterocycles. The van der Waals surface area contributed by atoms with Crippen LogP contribution < -0.4 is 0 Å². The highest BCUT2D eigenvalue weighted by Gasteiger charge is 2.06. The zero-order valence-corrected chi connectivity index (χ0v) is 9.95. The third-order valence-electron chi connectivity index (χ3n) is 2.79. The topological polar surface area (TPSA) is 33.1 Å². The molecule has 1 aromatic carbocycles. The Morgan fingerprint density at radius 3 is 2.71 bits per heavy atom. The number of rotatable bonds is 2. The second-order valence-electron chi connectivity index (χ2n) is 3.86. The molecule has 0 unspecified atom stereocenters. The van der Waals surface area contributed by atoms with Gasteiger partial charge in [-0.3, -0.25) is 0 Å². The molecule has 2 heterocycles. The van der Waals surface area contributed by atoms with E-state index in [-0.39, 0.29) is 6.61 Å². The second kappa shape index (κ2) is 4.28. The van der Waals surface area contributed by atoms with Gasteiger partial charge in [0.1, 0.15) is 4.83 Å². The lowest BCUT2D eigenvalue weighted by atomic mass is 10.1. The van der Waals surface area contributed by atoms with Gasteiger partial charge in [0.25, 0.3) is 0 Å². The number of fused-ring (bicyclic) bond motifs is 1. The molecule has 0 radical (unpaired) electrons. The van der Waals surface area contributed by atoms with Crippen molar-refractivity contribution in [2.75, 3.05) is 0 Å². The molecule has 2 nitrogen and oxygen atoms in total. The highest BCUT2D eigenvalue weighted by atomic mass is 32.1. The van der Waals surface area contributed by atoms with Crippen molar-refractivity contribution in [3.8, 4) is 11.1 Å². The molecule has 0 spiro atoms. The van der Waals surface area contributed by atoms with Crippen molar-refractivity contribution >= 4 is 21.6 Å². The maximum Gasteiger partial charge on any atom is 0.123 e. The number of benzene rings is 1. The lowest BCUT2D eigenvalue weighted by molar-refractivity contribution is 0.284. The minimum atomic E-state index is 0.0694. The molecule has 0 aliphatic carbocycles. The van der Waals surface area contributed by atoms with Gasteiger partial charge in [0.05, 0.1) is 6.61 Å². The molecular formula is C14H11NOS. The van der Waals surface area contributed by atoms with E-state index in [1.807, 2.05) is 29.8 Å². The fraction of sp³-hybridized carbons (Fsp3) is 0.0714. The quantitative estimate of drug-likeness (QED) is 0.745. The minimum Gasteiger partial charge on any atom is -0.392 e. The van der Waals surface area contributed by atoms with E-state index in [2.05, 4.69) is 23.2 Å². The van der Waals surface area contributed by atoms with Crippen LogP contribution in [0.15, 0.2) is 48.0 Å². The zero-order chi connectivity index (χ0) is 11.7. The van der Waals surface area contributed by atoms with Crippen molar-refractivity contribution in [1.29, 1.82) is 0 Å². The van der Waals surface area contributed by atoms with Gasteiger partial charge < -0.3 is 5.11 Å². The molecular weight excluding hydrogens is 230 g/mol. The molecule has 2 aromatic heterocycles. The first-order valence-corrected chi connectivity index (χ1v) is 6.29. The van der Waals surface area contributed by atoms with E-state index in [0.717, 1.165) is 26.9 Å². The Morgan fingerprint density at radius 1 is 1.12 bits per heavy atom. The molecule has 0 atom stereocenters. The fourth-order valence-electron chi connectivity index (χ4n) is 1.88. The molecule has 0 saturated heterocycles. The maximum atomic E-state index is 9.26. The maximum absolute atomic E-state index is 9.26. The molecule has 3 rings (SSSR count). The summed E-state index contributed by atoms with van der Waals surface area (Å²) in [6.07, 6.45) is 1.88. The number of nitrogens with zero attached hydrogens (tertiary/aromatic N) is 1. The number of hydrogen-bond donors (Lipinski definition) is 1. The van der Waals surface area contributed by atoms with Gasteiger partial charge in [-0.2, -0.15) is 0 Å². The van der Waals surface area contributed by atoms with Gasteiger partial charge in [-0.15, -0.1) is 11.3 Å². The van der Waals surface area contributed by atoms with Crippen molar-refractivity contribution in [3.63, 3.8) is 0 Å². The third-order valence-corrected chi connectivity index (χ3v) is 3.74. The van der Waals surface area contributed by atoms with Crippen molar-refractivity contribution in [2.45, 2.75) is 6.61 Å². The predicted octanol–water partition coefficient (Wildman–Crippen LogP) is 3.46. The third kappa shape index (κ3) is 1.84. The number of pyridine rings is 1. The number of aliphatic hydroxyl groups is 1. The highest BCUT2D eigenvalue weighted by Crippen LogP contribution is 2.28. The van der Waals surface area contributed by atoms with Crippen LogP contribution in [0.3, 0.4) is 0 Å². The molecule has 1 N–H and O–H groups in total. The smallest absolute Gasteiger partial charge is 0.123 e. The first-order chi connectivity index (χ1) is 8.38. The molecule has 0 saturated carbocycles. The average molecular weight is 241 g/mol. The minimum absolute atomic E-state index is 0.0694. The monoisotopic (exact) mass is 241 g/mol. The Labute approximate surface area is 103 Å². The Hall–Kier alpha value is -1.71. The molecule has 0 aliphatic rings. The molecule has 0 bridgehead atoms. The lowest BCUT2D eigenvalue weighted by Gasteiger charge is -2.01. The SMILES string of the molecule is OCc1csc2ncc(-c3ccccc3)cc12. The predicted molar refractivity (Wildman–Crippen MR) is 71.0 cm³/mol. The fourth-order valence-corrected chi connectivity index (χ4v) is 2.76. The van der Waals surface area contributed by atoms with E-state index < -0.39 is 0 Å². The summed E-state index contributed by atoms with van der Waals surface area (Å²) in [5.41, 5.74) is 3.19. The number of aromatic nitrogens is 1. The van der Waals surface area contributed by atoms with Gasteiger partial charge >= 0.3 is 0 Å². The Bertz CT molecular complexity index is 646. The first kappa shape index (κ1) is 10.4. The summed E-state index contributed by atoms with van der Waals surface area (Å²) < 4.78 is 0. The van der Waals surface area contributed by atoms with E-state index in [0.29, 0.717) is 0 Å². The van der Waals surface area contributed by atoms with Gasteiger partial charge in [0.15, 0.2) is 0 Å². The Morgan fingerprint density at radius 2 is 1.94 bits per heavy atom. The van der Waals surface area contributed by atoms with Crippen LogP contribution in [0.2, 0.25) is 0 Å². The van der Waals surface area contributed by atoms with Crippen LogP contribution in [-0.2, 0) is 6.61 Å². The number of aliphatic hydroxyl groups excluding tert-OH is 1. The molecule has 0 amide bonds. The van der Waals surface area contributed by atoms with Crippen LogP contribution >= 0.6 is 11.3 Å². The number of hydrogen-bond acceptors (Lipinski definition) is 3. The van der Waals surface area contributed by atoms with Gasteiger partial charge in [-0.25, -0.2) is 4.98 Å². The summed E-state index contributed by atoms with van der Waals surface area (Å²) in [7, 11) is 0. The van der Waals surface area contributed by atoms with Gasteiger partial charge in [-0.05, 0) is 22.6 Å². The molecule has 84 valence electrons. The summed E-state index contributed by atoms with van der Waals surface area (Å²) in [6, 6.07) is 12.3. The largest absolute Gasteiger partial charge is 0.392 e. The van der Waals surface area contributed by atoms with Gasteiger partial charge in [0, 0.05) is 17.1 Å². The first-order valence-electron chi connectivity index (χ1n) is 5.41. The van der Waals surface area contributed by atoms with Gasteiger partial charge in [0.2, 0.25) is 0 Å². The summed E-state index contributed by atoms with van der Waals surface area (Å²) in [5.74, 6) is 0. The second-order valence-corrected chi connectivity index (χ2v) is 4.72. The molecule has 3 heteroatoms. The molecule has 0 fully saturated rings. The zero-order valence-electron chi connectivity index (χ0n) is 9.13. The number of thiophene rings is 1. The Kier molecular flexibility index (Phi) is 2.63. The van der Waals surface area contributed by atoms with Crippen LogP contribution in [0.1, 0.15) is 5.56 Å². The lowest BCUT2D eigenvalue weighted by Crippen LogP contribution is -1.83. The van der Waals surface area contributed by atoms with Gasteiger partial charge in [-0.1, -0.05) is 30.3 Å². The van der Waals surface area contributed by atoms with E-state index in [1.165, 1.54) is 0 Å². The van der Waals surface area contributed by atoms with Crippen LogP contribution in [0, 0.1) is 0 Å². The van der Waals surface area contributed by atoms with Crippen molar-refractivity contribution in [1.82, 2.24) is 4.98 Å². The van der Waals surface area contributed by atoms with Crippen LogP contribution in [0.4, 0.5) is 0 Å². The van der Waals surface area contributed by atoms with E-state index >= 15 is 0 Å². The highest BCUT2D eigenvalue weighted by molar-refractivity contribution is 7.16. The van der Waals surface area contributed by atoms with E-state index in [4.69, 9.17) is 0 Å². The van der Waals surface area contributed by atoms with Crippen molar-refractivity contribution in [2.24, 2.45) is 0 Å². The summed E-state index contributed by atoms with van der Waals surface area (Å²) >= 11 is 1.57. The van der Waals surface area contributed by atoms with E-state index in [1.54, 1.807) is 11.3 Å². The normalized spacial score (nSPS) is 10.9. The van der Waals surface area contributed by atoms with Crippen molar-refractivity contribution < 1.29 is 5.11 Å². The standard InChI is InChI=1S/C14H11NOS/c16-8-12-9-17-14-13(12)6-11(7-15-14)10-4-2-1-3-5-10/h1-7,9,16H,8H2. The van der Waals surface area contributed by atoms with Crippen LogP contribution in [-0.4, -0.2) is 10.1 Å². The van der Waals surface area contributed by atoms with Crippen molar-refractivity contribution in [3.05, 3.63) is 53.5 Å². The van der Waals surface area contributed by atoms with E-state index in [9.17, 15) is 5.11 Å². The summed E-state index contributed by atoms with van der Waals surface area (Å²) in [4.78, 5) is 5.41. The summed E-state index contributed by atoms with van der Waals surface area (Å²) in [5, 5.41) is 12.3. The molecule has 3 aromatic rings. The summed E-state index contributed by atoms with van der Waals surface area (Å²) in [6.45, 7) is 0.0694.